The predicted molar refractivity (Wildman–Crippen MR) is 103 cm³/mol. The van der Waals surface area contributed by atoms with Crippen LogP contribution in [-0.2, 0) is 9.59 Å². The first-order chi connectivity index (χ1) is 12.5. The third-order valence-corrected chi connectivity index (χ3v) is 4.69. The van der Waals surface area contributed by atoms with Gasteiger partial charge >= 0.3 is 0 Å². The van der Waals surface area contributed by atoms with E-state index in [9.17, 15) is 9.59 Å². The number of amides is 2. The molecule has 0 heterocycles. The third kappa shape index (κ3) is 4.60. The highest BCUT2D eigenvalue weighted by Gasteiger charge is 2.43. The molecule has 0 aromatic heterocycles. The van der Waals surface area contributed by atoms with Crippen LogP contribution in [-0.4, -0.2) is 11.8 Å². The zero-order chi connectivity index (χ0) is 18.5. The molecule has 4 nitrogen and oxygen atoms in total. The normalized spacial score (nSPS) is 18.7. The third-order valence-electron chi connectivity index (χ3n) is 4.69. The number of rotatable bonds is 5. The second kappa shape index (κ2) is 8.00. The molecule has 2 N–H and O–H groups in total. The molecule has 0 unspecified atom stereocenters. The maximum Gasteiger partial charge on any atom is 0.262 e. The van der Waals surface area contributed by atoms with Crippen LogP contribution in [0.2, 0.25) is 0 Å². The number of hydrogen-bond acceptors (Lipinski definition) is 2. The highest BCUT2D eigenvalue weighted by atomic mass is 16.2. The first kappa shape index (κ1) is 17.9. The van der Waals surface area contributed by atoms with E-state index in [-0.39, 0.29) is 23.7 Å². The van der Waals surface area contributed by atoms with Crippen LogP contribution in [0.3, 0.4) is 0 Å². The molecule has 0 saturated heterocycles. The summed E-state index contributed by atoms with van der Waals surface area (Å²) in [6.45, 7) is 4.28. The second-order valence-corrected chi connectivity index (χ2v) is 6.99. The van der Waals surface area contributed by atoms with E-state index in [2.05, 4.69) is 36.8 Å². The molecular formula is C22H24N2O2. The first-order valence-electron chi connectivity index (χ1n) is 8.97. The van der Waals surface area contributed by atoms with Crippen molar-refractivity contribution < 1.29 is 9.59 Å². The summed E-state index contributed by atoms with van der Waals surface area (Å²) < 4.78 is 0. The highest BCUT2D eigenvalue weighted by Crippen LogP contribution is 2.47. The number of hydrazine groups is 1. The van der Waals surface area contributed by atoms with E-state index in [1.165, 1.54) is 17.2 Å². The van der Waals surface area contributed by atoms with Crippen LogP contribution in [0.4, 0.5) is 0 Å². The van der Waals surface area contributed by atoms with Gasteiger partial charge in [0.2, 0.25) is 5.91 Å². The average molecular weight is 348 g/mol. The van der Waals surface area contributed by atoms with Crippen molar-refractivity contribution in [2.75, 3.05) is 0 Å². The topological polar surface area (TPSA) is 58.2 Å². The van der Waals surface area contributed by atoms with Gasteiger partial charge in [-0.2, -0.15) is 0 Å². The van der Waals surface area contributed by atoms with Gasteiger partial charge in [0.25, 0.3) is 5.91 Å². The van der Waals surface area contributed by atoms with E-state index in [1.807, 2.05) is 42.5 Å². The van der Waals surface area contributed by atoms with Crippen LogP contribution >= 0.6 is 0 Å². The summed E-state index contributed by atoms with van der Waals surface area (Å²) >= 11 is 0. The number of carbonyl (C=O) groups excluding carboxylic acids is 2. The Bertz CT molecular complexity index is 795. The monoisotopic (exact) mass is 348 g/mol. The van der Waals surface area contributed by atoms with Gasteiger partial charge < -0.3 is 0 Å². The summed E-state index contributed by atoms with van der Waals surface area (Å²) in [7, 11) is 0. The maximum absolute atomic E-state index is 12.1. The van der Waals surface area contributed by atoms with Crippen molar-refractivity contribution in [1.82, 2.24) is 10.9 Å². The van der Waals surface area contributed by atoms with Crippen LogP contribution in [0.1, 0.15) is 48.8 Å². The summed E-state index contributed by atoms with van der Waals surface area (Å²) in [4.78, 5) is 24.0. The Morgan fingerprint density at radius 1 is 1.00 bits per heavy atom. The van der Waals surface area contributed by atoms with Gasteiger partial charge in [-0.1, -0.05) is 68.4 Å². The van der Waals surface area contributed by atoms with E-state index in [1.54, 1.807) is 6.08 Å². The van der Waals surface area contributed by atoms with Crippen LogP contribution < -0.4 is 10.9 Å². The Labute approximate surface area is 154 Å². The van der Waals surface area contributed by atoms with Crippen LogP contribution in [0.25, 0.3) is 6.08 Å². The lowest BCUT2D eigenvalue weighted by molar-refractivity contribution is -0.127. The Morgan fingerprint density at radius 3 is 2.35 bits per heavy atom. The van der Waals surface area contributed by atoms with Crippen molar-refractivity contribution in [3.05, 3.63) is 77.4 Å². The van der Waals surface area contributed by atoms with Gasteiger partial charge in [0.1, 0.15) is 0 Å². The van der Waals surface area contributed by atoms with E-state index in [4.69, 9.17) is 0 Å². The number of carbonyl (C=O) groups is 2. The molecule has 2 amide bonds. The summed E-state index contributed by atoms with van der Waals surface area (Å²) in [5, 5.41) is 0. The first-order valence-corrected chi connectivity index (χ1v) is 8.97. The molecule has 0 aliphatic heterocycles. The van der Waals surface area contributed by atoms with Crippen LogP contribution in [0.5, 0.6) is 0 Å². The Balaban J connectivity index is 1.45. The second-order valence-electron chi connectivity index (χ2n) is 6.99. The van der Waals surface area contributed by atoms with E-state index >= 15 is 0 Å². The average Bonchev–Trinajstić information content (AvgIpc) is 3.46. The SMILES string of the molecule is CC(C)c1ccc(/C=C/C(=O)NNC(=O)[C@H]2C[C@@H]2c2ccccc2)cc1. The molecule has 1 aliphatic carbocycles. The number of nitrogens with one attached hydrogen (secondary N) is 2. The molecule has 134 valence electrons. The van der Waals surface area contributed by atoms with Gasteiger partial charge in [0, 0.05) is 12.0 Å². The molecule has 1 fully saturated rings. The summed E-state index contributed by atoms with van der Waals surface area (Å²) in [5.74, 6) is 0.187. The van der Waals surface area contributed by atoms with Gasteiger partial charge in [0.05, 0.1) is 0 Å². The van der Waals surface area contributed by atoms with Gasteiger partial charge in [-0.05, 0) is 41.0 Å². The fourth-order valence-electron chi connectivity index (χ4n) is 2.97. The lowest BCUT2D eigenvalue weighted by Crippen LogP contribution is -2.41. The van der Waals surface area contributed by atoms with Crippen molar-refractivity contribution in [2.45, 2.75) is 32.1 Å². The molecule has 2 atom stereocenters. The molecule has 0 spiro atoms. The van der Waals surface area contributed by atoms with E-state index < -0.39 is 0 Å². The lowest BCUT2D eigenvalue weighted by Gasteiger charge is -2.06. The Morgan fingerprint density at radius 2 is 1.69 bits per heavy atom. The molecular weight excluding hydrogens is 324 g/mol. The lowest BCUT2D eigenvalue weighted by atomic mass is 10.0. The molecule has 0 bridgehead atoms. The molecule has 3 rings (SSSR count). The summed E-state index contributed by atoms with van der Waals surface area (Å²) in [5.41, 5.74) is 8.34. The predicted octanol–water partition coefficient (Wildman–Crippen LogP) is 3.77. The minimum absolute atomic E-state index is 0.0646. The van der Waals surface area contributed by atoms with Gasteiger partial charge in [-0.3, -0.25) is 20.4 Å². The fourth-order valence-corrected chi connectivity index (χ4v) is 2.97. The van der Waals surface area contributed by atoms with Crippen LogP contribution in [0, 0.1) is 5.92 Å². The molecule has 0 radical (unpaired) electrons. The minimum atomic E-state index is -0.344. The number of hydrogen-bond donors (Lipinski definition) is 2. The van der Waals surface area contributed by atoms with Gasteiger partial charge in [0.15, 0.2) is 0 Å². The molecule has 2 aromatic carbocycles. The van der Waals surface area contributed by atoms with E-state index in [0.717, 1.165) is 12.0 Å². The smallest absolute Gasteiger partial charge is 0.262 e. The van der Waals surface area contributed by atoms with Crippen molar-refractivity contribution in [3.8, 4) is 0 Å². The van der Waals surface area contributed by atoms with Gasteiger partial charge in [-0.15, -0.1) is 0 Å². The van der Waals surface area contributed by atoms with Gasteiger partial charge in [-0.25, -0.2) is 0 Å². The molecule has 4 heteroatoms. The zero-order valence-corrected chi connectivity index (χ0v) is 15.1. The maximum atomic E-state index is 12.1. The highest BCUT2D eigenvalue weighted by molar-refractivity contribution is 5.93. The summed E-state index contributed by atoms with van der Waals surface area (Å²) in [6.07, 6.45) is 3.98. The molecule has 1 aliphatic rings. The Kier molecular flexibility index (Phi) is 5.52. The fraction of sp³-hybridized carbons (Fsp3) is 0.273. The van der Waals surface area contributed by atoms with Crippen molar-refractivity contribution in [3.63, 3.8) is 0 Å². The molecule has 2 aromatic rings. The summed E-state index contributed by atoms with van der Waals surface area (Å²) in [6, 6.07) is 18.0. The largest absolute Gasteiger partial charge is 0.273 e. The van der Waals surface area contributed by atoms with Crippen molar-refractivity contribution in [1.29, 1.82) is 0 Å². The molecule has 26 heavy (non-hydrogen) atoms. The zero-order valence-electron chi connectivity index (χ0n) is 15.1. The minimum Gasteiger partial charge on any atom is -0.273 e. The standard InChI is InChI=1S/C22H24N2O2/c1-15(2)17-11-8-16(9-12-17)10-13-21(25)23-24-22(26)20-14-19(20)18-6-4-3-5-7-18/h3-13,15,19-20H,14H2,1-2H3,(H,23,25)(H,24,26)/b13-10+/t19-,20+/m1/s1. The van der Waals surface area contributed by atoms with Crippen molar-refractivity contribution in [2.24, 2.45) is 5.92 Å². The quantitative estimate of drug-likeness (QED) is 0.638. The Hall–Kier alpha value is -2.88. The molecule has 1 saturated carbocycles. The van der Waals surface area contributed by atoms with Crippen molar-refractivity contribution >= 4 is 17.9 Å². The van der Waals surface area contributed by atoms with Crippen LogP contribution in [0.15, 0.2) is 60.7 Å². The number of benzene rings is 2. The van der Waals surface area contributed by atoms with E-state index in [0.29, 0.717) is 5.92 Å².